The molecule has 0 amide bonds. The average Bonchev–Trinajstić information content (AvgIpc) is 2.65. The second-order valence-electron chi connectivity index (χ2n) is 6.93. The Morgan fingerprint density at radius 2 is 0.839 bits per heavy atom. The molecule has 0 aliphatic heterocycles. The third kappa shape index (κ3) is 14.2. The highest BCUT2D eigenvalue weighted by Crippen LogP contribution is 2.01. The molecule has 0 spiro atoms. The second-order valence-corrected chi connectivity index (χ2v) is 6.93. The number of hydrogen-bond donors (Lipinski definition) is 0. The molecule has 0 saturated carbocycles. The van der Waals surface area contributed by atoms with Crippen LogP contribution in [0.25, 0.3) is 0 Å². The number of pyridine rings is 2. The Bertz CT molecular complexity index is 662. The molecule has 2 heterocycles. The van der Waals surface area contributed by atoms with Crippen LogP contribution in [0.1, 0.15) is 22.3 Å². The lowest BCUT2D eigenvalue weighted by Crippen LogP contribution is -2.36. The molecule has 2 aromatic rings. The van der Waals surface area contributed by atoms with Gasteiger partial charge in [-0.2, -0.15) is 0 Å². The van der Waals surface area contributed by atoms with Gasteiger partial charge in [0, 0.05) is 23.3 Å². The minimum absolute atomic E-state index is 0. The summed E-state index contributed by atoms with van der Waals surface area (Å²) in [5.41, 5.74) is 5.24. The van der Waals surface area contributed by atoms with E-state index in [-0.39, 0.29) is 49.6 Å². The Kier molecular flexibility index (Phi) is 22.5. The van der Waals surface area contributed by atoms with Crippen LogP contribution >= 0.6 is 49.6 Å². The normalized spacial score (nSPS) is 9.68. The average molecular weight is 520 g/mol. The molecule has 0 radical (unpaired) electrons. The lowest BCUT2D eigenvalue weighted by Gasteiger charge is -2.06. The van der Waals surface area contributed by atoms with Gasteiger partial charge in [0.1, 0.15) is 13.2 Å². The van der Waals surface area contributed by atoms with E-state index in [4.69, 9.17) is 14.2 Å². The van der Waals surface area contributed by atoms with Crippen molar-refractivity contribution in [3.05, 3.63) is 59.2 Å². The Balaban J connectivity index is -0.00000196. The quantitative estimate of drug-likeness (QED) is 0.315. The van der Waals surface area contributed by atoms with Gasteiger partial charge in [-0.15, -0.1) is 49.6 Å². The molecule has 0 atom stereocenters. The molecule has 0 aliphatic rings. The smallest absolute Gasteiger partial charge is 0.172 e. The van der Waals surface area contributed by atoms with Crippen molar-refractivity contribution in [2.24, 2.45) is 0 Å². The van der Waals surface area contributed by atoms with E-state index in [1.165, 1.54) is 22.3 Å². The number of hydrogen-bond acceptors (Lipinski definition) is 3. The lowest BCUT2D eigenvalue weighted by molar-refractivity contribution is -0.698. The monoisotopic (exact) mass is 518 g/mol. The summed E-state index contributed by atoms with van der Waals surface area (Å²) >= 11 is 0. The molecular weight excluding hydrogens is 482 g/mol. The zero-order valence-corrected chi connectivity index (χ0v) is 22.1. The zero-order chi connectivity index (χ0) is 19.5. The van der Waals surface area contributed by atoms with Crippen LogP contribution in [-0.4, -0.2) is 39.6 Å². The summed E-state index contributed by atoms with van der Waals surface area (Å²) in [6, 6.07) is 4.27. The zero-order valence-electron chi connectivity index (χ0n) is 18.9. The predicted octanol–water partition coefficient (Wildman–Crippen LogP) is 3.93. The lowest BCUT2D eigenvalue weighted by atomic mass is 10.2. The van der Waals surface area contributed by atoms with Gasteiger partial charge in [0.25, 0.3) is 0 Å². The standard InChI is InChI=1S/C22H34N2O3.4ClH/c1-19-5-7-23(17-21(19)3)9-11-25-13-15-27-16-14-26-12-10-24-8-6-20(2)22(4)18-24;;;;/h5-8,17-18H,9-16H2,1-4H3;4*1H/q+2;;;;. The second kappa shape index (κ2) is 20.0. The van der Waals surface area contributed by atoms with E-state index in [0.29, 0.717) is 39.6 Å². The number of aryl methyl sites for hydroxylation is 4. The molecule has 0 aliphatic carbocycles. The maximum Gasteiger partial charge on any atom is 0.172 e. The van der Waals surface area contributed by atoms with Gasteiger partial charge in [-0.1, -0.05) is 0 Å². The van der Waals surface area contributed by atoms with Crippen molar-refractivity contribution in [1.29, 1.82) is 0 Å². The van der Waals surface area contributed by atoms with Gasteiger partial charge in [-0.25, -0.2) is 9.13 Å². The first-order valence-corrected chi connectivity index (χ1v) is 9.72. The minimum Gasteiger partial charge on any atom is -0.377 e. The van der Waals surface area contributed by atoms with Gasteiger partial charge >= 0.3 is 0 Å². The largest absolute Gasteiger partial charge is 0.377 e. The van der Waals surface area contributed by atoms with E-state index in [1.807, 2.05) is 0 Å². The SMILES string of the molecule is Cc1cc[n+](CCOCCOCCOCC[n+]2ccc(C)c(C)c2)cc1C.Cl.Cl.Cl.Cl. The summed E-state index contributed by atoms with van der Waals surface area (Å²) in [7, 11) is 0. The van der Waals surface area contributed by atoms with Crippen molar-refractivity contribution >= 4 is 49.6 Å². The topological polar surface area (TPSA) is 35.5 Å². The van der Waals surface area contributed by atoms with Gasteiger partial charge in [-0.3, -0.25) is 0 Å². The van der Waals surface area contributed by atoms with Crippen molar-refractivity contribution in [1.82, 2.24) is 0 Å². The summed E-state index contributed by atoms with van der Waals surface area (Å²) in [6.45, 7) is 14.1. The van der Waals surface area contributed by atoms with Gasteiger partial charge in [0.05, 0.1) is 26.4 Å². The van der Waals surface area contributed by atoms with Crippen molar-refractivity contribution < 1.29 is 23.3 Å². The highest BCUT2D eigenvalue weighted by Gasteiger charge is 2.04. The number of nitrogens with zero attached hydrogens (tertiary/aromatic N) is 2. The molecular formula is C22H38Cl4N2O3+2. The Labute approximate surface area is 212 Å². The van der Waals surface area contributed by atoms with E-state index in [1.54, 1.807) is 0 Å². The molecule has 2 rings (SSSR count). The number of aromatic nitrogens is 2. The molecule has 31 heavy (non-hydrogen) atoms. The molecule has 180 valence electrons. The Hall–Kier alpha value is -0.660. The molecule has 5 nitrogen and oxygen atoms in total. The maximum absolute atomic E-state index is 5.62. The van der Waals surface area contributed by atoms with Crippen LogP contribution in [-0.2, 0) is 27.3 Å². The van der Waals surface area contributed by atoms with Crippen molar-refractivity contribution in [2.45, 2.75) is 40.8 Å². The van der Waals surface area contributed by atoms with Crippen LogP contribution in [0.15, 0.2) is 36.9 Å². The molecule has 0 N–H and O–H groups in total. The summed E-state index contributed by atoms with van der Waals surface area (Å²) in [5.74, 6) is 0. The molecule has 0 saturated heterocycles. The minimum atomic E-state index is 0. The first-order chi connectivity index (χ1) is 13.1. The van der Waals surface area contributed by atoms with E-state index in [9.17, 15) is 0 Å². The van der Waals surface area contributed by atoms with Crippen LogP contribution in [0.4, 0.5) is 0 Å². The van der Waals surface area contributed by atoms with Crippen LogP contribution in [0.5, 0.6) is 0 Å². The first-order valence-electron chi connectivity index (χ1n) is 9.72. The molecule has 0 bridgehead atoms. The predicted molar refractivity (Wildman–Crippen MR) is 134 cm³/mol. The van der Waals surface area contributed by atoms with Gasteiger partial charge in [-0.05, 0) is 38.8 Å². The number of ether oxygens (including phenoxy) is 3. The highest BCUT2D eigenvalue weighted by molar-refractivity contribution is 5.86. The fraction of sp³-hybridized carbons (Fsp3) is 0.545. The molecule has 0 unspecified atom stereocenters. The number of halogens is 4. The van der Waals surface area contributed by atoms with Gasteiger partial charge < -0.3 is 14.2 Å². The number of rotatable bonds is 12. The van der Waals surface area contributed by atoms with Gasteiger partial charge in [0.15, 0.2) is 37.9 Å². The van der Waals surface area contributed by atoms with E-state index >= 15 is 0 Å². The maximum atomic E-state index is 5.62. The Morgan fingerprint density at radius 3 is 1.16 bits per heavy atom. The fourth-order valence-corrected chi connectivity index (χ4v) is 2.63. The van der Waals surface area contributed by atoms with Crippen LogP contribution in [0.3, 0.4) is 0 Å². The van der Waals surface area contributed by atoms with Crippen LogP contribution in [0, 0.1) is 27.7 Å². The van der Waals surface area contributed by atoms with Crippen LogP contribution in [0.2, 0.25) is 0 Å². The van der Waals surface area contributed by atoms with Crippen molar-refractivity contribution in [2.75, 3.05) is 39.6 Å². The van der Waals surface area contributed by atoms with Crippen LogP contribution < -0.4 is 9.13 Å². The first kappa shape index (κ1) is 34.9. The molecule has 0 fully saturated rings. The van der Waals surface area contributed by atoms with Crippen molar-refractivity contribution in [3.8, 4) is 0 Å². The van der Waals surface area contributed by atoms with Crippen molar-refractivity contribution in [3.63, 3.8) is 0 Å². The van der Waals surface area contributed by atoms with E-state index in [0.717, 1.165) is 13.1 Å². The third-order valence-corrected chi connectivity index (χ3v) is 4.73. The fourth-order valence-electron chi connectivity index (χ4n) is 2.63. The summed E-state index contributed by atoms with van der Waals surface area (Å²) in [6.07, 6.45) is 8.50. The van der Waals surface area contributed by atoms with E-state index < -0.39 is 0 Å². The molecule has 0 aromatic carbocycles. The summed E-state index contributed by atoms with van der Waals surface area (Å²) in [5, 5.41) is 0. The summed E-state index contributed by atoms with van der Waals surface area (Å²) in [4.78, 5) is 0. The highest BCUT2D eigenvalue weighted by atomic mass is 35.5. The third-order valence-electron chi connectivity index (χ3n) is 4.73. The van der Waals surface area contributed by atoms with Gasteiger partial charge in [0.2, 0.25) is 0 Å². The Morgan fingerprint density at radius 1 is 0.516 bits per heavy atom. The molecule has 2 aromatic heterocycles. The summed E-state index contributed by atoms with van der Waals surface area (Å²) < 4.78 is 21.1. The van der Waals surface area contributed by atoms with E-state index in [2.05, 4.69) is 73.7 Å². The molecule has 9 heteroatoms.